The average molecular weight is 460 g/mol. The smallest absolute Gasteiger partial charge is 0.174 e. The molecule has 160 valence electrons. The van der Waals surface area contributed by atoms with E-state index in [2.05, 4.69) is 15.2 Å². The first-order chi connectivity index (χ1) is 15.7. The highest BCUT2D eigenvalue weighted by Crippen LogP contribution is 2.24. The SMILES string of the molecule is S=C(Nc1ccc(Oc2ccccc2)cc1)N(Cc1cccnc1)Cc1ccccc1Cl. The van der Waals surface area contributed by atoms with Crippen molar-refractivity contribution in [3.05, 3.63) is 120 Å². The van der Waals surface area contributed by atoms with Crippen LogP contribution in [0.15, 0.2) is 103 Å². The number of nitrogens with one attached hydrogen (secondary N) is 1. The Morgan fingerprint density at radius 1 is 0.844 bits per heavy atom. The van der Waals surface area contributed by atoms with Gasteiger partial charge in [0.05, 0.1) is 0 Å². The molecular weight excluding hydrogens is 438 g/mol. The number of pyridine rings is 1. The van der Waals surface area contributed by atoms with E-state index in [-0.39, 0.29) is 0 Å². The summed E-state index contributed by atoms with van der Waals surface area (Å²) in [4.78, 5) is 6.29. The van der Waals surface area contributed by atoms with Gasteiger partial charge in [0.15, 0.2) is 5.11 Å². The maximum Gasteiger partial charge on any atom is 0.174 e. The summed E-state index contributed by atoms with van der Waals surface area (Å²) in [7, 11) is 0. The summed E-state index contributed by atoms with van der Waals surface area (Å²) >= 11 is 12.2. The minimum absolute atomic E-state index is 0.579. The Hall–Kier alpha value is -3.41. The predicted molar refractivity (Wildman–Crippen MR) is 134 cm³/mol. The number of rotatable bonds is 7. The van der Waals surface area contributed by atoms with Gasteiger partial charge in [-0.25, -0.2) is 0 Å². The molecular formula is C26H22ClN3OS. The highest BCUT2D eigenvalue weighted by atomic mass is 35.5. The first-order valence-corrected chi connectivity index (χ1v) is 11.0. The third-order valence-electron chi connectivity index (χ3n) is 4.79. The molecule has 0 spiro atoms. The number of aromatic nitrogens is 1. The van der Waals surface area contributed by atoms with Crippen LogP contribution in [0.25, 0.3) is 0 Å². The number of anilines is 1. The Labute approximate surface area is 198 Å². The van der Waals surface area contributed by atoms with Crippen LogP contribution in [0, 0.1) is 0 Å². The molecule has 0 fully saturated rings. The quantitative estimate of drug-likeness (QED) is 0.303. The van der Waals surface area contributed by atoms with Crippen LogP contribution in [0.5, 0.6) is 11.5 Å². The molecule has 0 aliphatic heterocycles. The molecule has 0 aliphatic carbocycles. The number of halogens is 1. The van der Waals surface area contributed by atoms with E-state index in [4.69, 9.17) is 28.6 Å². The number of benzene rings is 3. The summed E-state index contributed by atoms with van der Waals surface area (Å²) in [5.74, 6) is 1.56. The molecule has 0 bridgehead atoms. The van der Waals surface area contributed by atoms with Crippen molar-refractivity contribution in [1.29, 1.82) is 0 Å². The topological polar surface area (TPSA) is 37.4 Å². The fourth-order valence-corrected chi connectivity index (χ4v) is 3.62. The summed E-state index contributed by atoms with van der Waals surface area (Å²) in [6.07, 6.45) is 3.61. The van der Waals surface area contributed by atoms with Gasteiger partial charge in [0.2, 0.25) is 0 Å². The van der Waals surface area contributed by atoms with Gasteiger partial charge in [0.1, 0.15) is 11.5 Å². The monoisotopic (exact) mass is 459 g/mol. The van der Waals surface area contributed by atoms with Crippen LogP contribution >= 0.6 is 23.8 Å². The van der Waals surface area contributed by atoms with Gasteiger partial charge in [-0.3, -0.25) is 4.98 Å². The van der Waals surface area contributed by atoms with E-state index in [0.29, 0.717) is 23.2 Å². The van der Waals surface area contributed by atoms with Crippen molar-refractivity contribution in [3.8, 4) is 11.5 Å². The largest absolute Gasteiger partial charge is 0.457 e. The fraction of sp³-hybridized carbons (Fsp3) is 0.0769. The van der Waals surface area contributed by atoms with E-state index >= 15 is 0 Å². The molecule has 4 aromatic rings. The lowest BCUT2D eigenvalue weighted by molar-refractivity contribution is 0.412. The van der Waals surface area contributed by atoms with E-state index in [1.54, 1.807) is 6.20 Å². The standard InChI is InChI=1S/C26H22ClN3OS/c27-25-11-5-4-8-21(25)19-30(18-20-7-6-16-28-17-20)26(32)29-22-12-14-24(15-13-22)31-23-9-2-1-3-10-23/h1-17H,18-19H2,(H,29,32). The lowest BCUT2D eigenvalue weighted by Crippen LogP contribution is -2.34. The molecule has 1 heterocycles. The lowest BCUT2D eigenvalue weighted by Gasteiger charge is -2.26. The van der Waals surface area contributed by atoms with Crippen molar-refractivity contribution in [3.63, 3.8) is 0 Å². The Morgan fingerprint density at radius 3 is 2.28 bits per heavy atom. The first kappa shape index (κ1) is 21.8. The second-order valence-corrected chi connectivity index (χ2v) is 7.97. The van der Waals surface area contributed by atoms with Gasteiger partial charge >= 0.3 is 0 Å². The van der Waals surface area contributed by atoms with Gasteiger partial charge in [-0.05, 0) is 71.9 Å². The van der Waals surface area contributed by atoms with E-state index in [9.17, 15) is 0 Å². The maximum absolute atomic E-state index is 6.40. The Morgan fingerprint density at radius 2 is 1.56 bits per heavy atom. The lowest BCUT2D eigenvalue weighted by atomic mass is 10.2. The van der Waals surface area contributed by atoms with E-state index < -0.39 is 0 Å². The predicted octanol–water partition coefficient (Wildman–Crippen LogP) is 6.93. The molecule has 0 radical (unpaired) electrons. The molecule has 32 heavy (non-hydrogen) atoms. The Bertz CT molecular complexity index is 1150. The van der Waals surface area contributed by atoms with Crippen LogP contribution < -0.4 is 10.1 Å². The van der Waals surface area contributed by atoms with Crippen molar-refractivity contribution >= 4 is 34.6 Å². The zero-order valence-electron chi connectivity index (χ0n) is 17.3. The molecule has 1 N–H and O–H groups in total. The minimum Gasteiger partial charge on any atom is -0.457 e. The highest BCUT2D eigenvalue weighted by Gasteiger charge is 2.14. The van der Waals surface area contributed by atoms with Crippen LogP contribution in [0.1, 0.15) is 11.1 Å². The van der Waals surface area contributed by atoms with Crippen molar-refractivity contribution in [2.75, 3.05) is 5.32 Å². The molecule has 0 saturated heterocycles. The third kappa shape index (κ3) is 6.06. The maximum atomic E-state index is 6.40. The van der Waals surface area contributed by atoms with Crippen LogP contribution in [-0.2, 0) is 13.1 Å². The zero-order chi connectivity index (χ0) is 22.2. The number of hydrogen-bond donors (Lipinski definition) is 1. The van der Waals surface area contributed by atoms with Crippen molar-refractivity contribution < 1.29 is 4.74 Å². The zero-order valence-corrected chi connectivity index (χ0v) is 18.9. The first-order valence-electron chi connectivity index (χ1n) is 10.2. The summed E-state index contributed by atoms with van der Waals surface area (Å²) in [6, 6.07) is 29.2. The van der Waals surface area contributed by atoms with Crippen LogP contribution in [0.2, 0.25) is 5.02 Å². The molecule has 0 amide bonds. The van der Waals surface area contributed by atoms with Crippen molar-refractivity contribution in [1.82, 2.24) is 9.88 Å². The number of hydrogen-bond acceptors (Lipinski definition) is 3. The molecule has 0 aliphatic rings. The van der Waals surface area contributed by atoms with Crippen LogP contribution in [0.4, 0.5) is 5.69 Å². The number of para-hydroxylation sites is 1. The molecule has 0 atom stereocenters. The minimum atomic E-state index is 0.579. The normalized spacial score (nSPS) is 10.4. The van der Waals surface area contributed by atoms with E-state index in [1.165, 1.54) is 0 Å². The molecule has 0 saturated carbocycles. The highest BCUT2D eigenvalue weighted by molar-refractivity contribution is 7.80. The Kier molecular flexibility index (Phi) is 7.33. The van der Waals surface area contributed by atoms with Crippen molar-refractivity contribution in [2.45, 2.75) is 13.1 Å². The van der Waals surface area contributed by atoms with Crippen LogP contribution in [0.3, 0.4) is 0 Å². The number of thiocarbonyl (C=S) groups is 1. The van der Waals surface area contributed by atoms with Gasteiger partial charge in [0.25, 0.3) is 0 Å². The molecule has 4 nitrogen and oxygen atoms in total. The second-order valence-electron chi connectivity index (χ2n) is 7.18. The van der Waals surface area contributed by atoms with Gasteiger partial charge in [-0.2, -0.15) is 0 Å². The molecule has 0 unspecified atom stereocenters. The summed E-state index contributed by atoms with van der Waals surface area (Å²) in [6.45, 7) is 1.19. The average Bonchev–Trinajstić information content (AvgIpc) is 2.82. The van der Waals surface area contributed by atoms with Crippen LogP contribution in [-0.4, -0.2) is 15.0 Å². The summed E-state index contributed by atoms with van der Waals surface area (Å²) in [5, 5.41) is 4.65. The summed E-state index contributed by atoms with van der Waals surface area (Å²) in [5.41, 5.74) is 2.95. The Balaban J connectivity index is 1.47. The van der Waals surface area contributed by atoms with Gasteiger partial charge in [-0.1, -0.05) is 54.1 Å². The van der Waals surface area contributed by atoms with Gasteiger partial charge in [0, 0.05) is 36.2 Å². The van der Waals surface area contributed by atoms with Gasteiger partial charge < -0.3 is 15.0 Å². The van der Waals surface area contributed by atoms with E-state index in [1.807, 2.05) is 97.2 Å². The number of nitrogens with zero attached hydrogens (tertiary/aromatic N) is 2. The van der Waals surface area contributed by atoms with Crippen molar-refractivity contribution in [2.24, 2.45) is 0 Å². The molecule has 3 aromatic carbocycles. The third-order valence-corrected chi connectivity index (χ3v) is 5.52. The molecule has 1 aromatic heterocycles. The summed E-state index contributed by atoms with van der Waals surface area (Å²) < 4.78 is 5.86. The number of ether oxygens (including phenoxy) is 1. The molecule has 6 heteroatoms. The second kappa shape index (κ2) is 10.8. The van der Waals surface area contributed by atoms with Gasteiger partial charge in [-0.15, -0.1) is 0 Å². The fourth-order valence-electron chi connectivity index (χ4n) is 3.18. The van der Waals surface area contributed by atoms with E-state index in [0.717, 1.165) is 28.3 Å². The molecule has 4 rings (SSSR count).